The molecule has 0 saturated carbocycles. The first-order chi connectivity index (χ1) is 27.8. The van der Waals surface area contributed by atoms with E-state index in [1.54, 1.807) is 0 Å². The molecule has 0 radical (unpaired) electrons. The number of ether oxygens (including phenoxy) is 8. The zero-order valence-corrected chi connectivity index (χ0v) is 30.8. The van der Waals surface area contributed by atoms with Crippen LogP contribution in [0.1, 0.15) is 64.4 Å². The van der Waals surface area contributed by atoms with Gasteiger partial charge in [0.05, 0.1) is 61.9 Å². The number of rotatable bonds is 14. The number of hydrogen-bond acceptors (Lipinski definition) is 14. The van der Waals surface area contributed by atoms with Gasteiger partial charge in [-0.3, -0.25) is 0 Å². The number of carbonyl (C=O) groups is 6. The number of hydrogen-bond donors (Lipinski definition) is 2. The summed E-state index contributed by atoms with van der Waals surface area (Å²) in [4.78, 5) is 74.5. The van der Waals surface area contributed by atoms with Crippen molar-refractivity contribution in [3.63, 3.8) is 0 Å². The maximum Gasteiger partial charge on any atom is 0.343 e. The normalized spacial score (nSPS) is 17.9. The lowest BCUT2D eigenvalue weighted by Gasteiger charge is -2.20. The monoisotopic (exact) mass is 794 g/mol. The van der Waals surface area contributed by atoms with Crippen LogP contribution in [0, 0.1) is 0 Å². The number of benzene rings is 4. The second-order valence-electron chi connectivity index (χ2n) is 12.7. The van der Waals surface area contributed by atoms with Crippen molar-refractivity contribution >= 4 is 35.8 Å². The third-order valence-corrected chi connectivity index (χ3v) is 9.33. The molecule has 4 aromatic rings. The van der Waals surface area contributed by atoms with Gasteiger partial charge < -0.3 is 48.1 Å². The van der Waals surface area contributed by atoms with E-state index >= 15 is 0 Å². The van der Waals surface area contributed by atoms with Gasteiger partial charge >= 0.3 is 35.8 Å². The Labute approximate surface area is 329 Å². The first-order valence-corrected chi connectivity index (χ1v) is 17.3. The van der Waals surface area contributed by atoms with Crippen molar-refractivity contribution in [2.45, 2.75) is 24.0 Å². The van der Waals surface area contributed by atoms with E-state index in [4.69, 9.17) is 37.9 Å². The van der Waals surface area contributed by atoms with E-state index in [1.165, 1.54) is 87.0 Å². The maximum atomic E-state index is 13.2. The Balaban J connectivity index is 1.22. The van der Waals surface area contributed by atoms with Gasteiger partial charge in [-0.2, -0.15) is 0 Å². The predicted molar refractivity (Wildman–Crippen MR) is 199 cm³/mol. The highest BCUT2D eigenvalue weighted by Gasteiger charge is 2.50. The molecule has 0 aliphatic carbocycles. The van der Waals surface area contributed by atoms with Gasteiger partial charge in [-0.1, -0.05) is 13.2 Å². The van der Waals surface area contributed by atoms with Crippen LogP contribution < -0.4 is 28.4 Å². The number of carboxylic acid groups (broad SMARTS) is 2. The first kappa shape index (κ1) is 40.4. The van der Waals surface area contributed by atoms with E-state index in [1.807, 2.05) is 0 Å². The summed E-state index contributed by atoms with van der Waals surface area (Å²) in [6.07, 6.45) is 0.431. The van der Waals surface area contributed by atoms with Crippen molar-refractivity contribution in [1.82, 2.24) is 0 Å². The number of carbonyl (C=O) groups excluding carboxylic acids is 4. The van der Waals surface area contributed by atoms with Gasteiger partial charge in [0.1, 0.15) is 11.5 Å². The van der Waals surface area contributed by atoms with Crippen molar-refractivity contribution in [1.29, 1.82) is 0 Å². The number of carboxylic acids is 2. The molecule has 0 amide bonds. The molecule has 4 atom stereocenters. The molecule has 16 nitrogen and oxygen atoms in total. The average Bonchev–Trinajstić information content (AvgIpc) is 3.83. The van der Waals surface area contributed by atoms with E-state index in [-0.39, 0.29) is 81.1 Å². The molecule has 2 aliphatic heterocycles. The van der Waals surface area contributed by atoms with Gasteiger partial charge in [0.2, 0.25) is 0 Å². The van der Waals surface area contributed by atoms with Crippen LogP contribution in [0.2, 0.25) is 0 Å². The summed E-state index contributed by atoms with van der Waals surface area (Å²) in [6.45, 7) is 6.64. The van der Waals surface area contributed by atoms with Crippen molar-refractivity contribution in [3.8, 4) is 34.5 Å². The quantitative estimate of drug-likeness (QED) is 0.0930. The molecule has 4 aromatic carbocycles. The summed E-state index contributed by atoms with van der Waals surface area (Å²) in [5.41, 5.74) is 0.377. The largest absolute Gasteiger partial charge is 0.493 e. The second-order valence-corrected chi connectivity index (χ2v) is 12.7. The molecule has 2 saturated heterocycles. The summed E-state index contributed by atoms with van der Waals surface area (Å²) in [6, 6.07) is 16.0. The van der Waals surface area contributed by atoms with Crippen molar-refractivity contribution < 1.29 is 76.9 Å². The molecular weight excluding hydrogens is 760 g/mol. The van der Waals surface area contributed by atoms with Crippen molar-refractivity contribution in [3.05, 3.63) is 131 Å². The minimum absolute atomic E-state index is 0.0110. The Morgan fingerprint density at radius 3 is 1.31 bits per heavy atom. The number of methoxy groups -OCH3 is 2. The fraction of sp³-hybridized carbons (Fsp3) is 0.190. The third kappa shape index (κ3) is 8.42. The Morgan fingerprint density at radius 1 is 0.569 bits per heavy atom. The minimum atomic E-state index is -1.26. The van der Waals surface area contributed by atoms with E-state index in [2.05, 4.69) is 13.2 Å². The molecule has 2 aliphatic rings. The van der Waals surface area contributed by atoms with Crippen LogP contribution >= 0.6 is 0 Å². The summed E-state index contributed by atoms with van der Waals surface area (Å²) < 4.78 is 44.3. The Morgan fingerprint density at radius 2 is 0.966 bits per heavy atom. The highest BCUT2D eigenvalue weighted by Crippen LogP contribution is 2.46. The van der Waals surface area contributed by atoms with Crippen LogP contribution in [0.3, 0.4) is 0 Å². The fourth-order valence-electron chi connectivity index (χ4n) is 6.63. The Kier molecular flexibility index (Phi) is 12.0. The molecule has 2 heterocycles. The topological polar surface area (TPSA) is 217 Å². The van der Waals surface area contributed by atoms with E-state index in [9.17, 15) is 39.0 Å². The molecule has 2 N–H and O–H groups in total. The van der Waals surface area contributed by atoms with Gasteiger partial charge in [-0.25, -0.2) is 28.8 Å². The average molecular weight is 795 g/mol. The number of esters is 4. The molecule has 6 rings (SSSR count). The van der Waals surface area contributed by atoms with Gasteiger partial charge in [-0.15, -0.1) is 0 Å². The highest BCUT2D eigenvalue weighted by molar-refractivity contribution is 5.94. The lowest BCUT2D eigenvalue weighted by Crippen LogP contribution is -2.26. The predicted octanol–water partition coefficient (Wildman–Crippen LogP) is 5.39. The molecule has 298 valence electrons. The molecule has 0 aromatic heterocycles. The van der Waals surface area contributed by atoms with Crippen molar-refractivity contribution in [2.75, 3.05) is 27.4 Å². The molecule has 58 heavy (non-hydrogen) atoms. The van der Waals surface area contributed by atoms with Gasteiger partial charge in [-0.05, 0) is 83.9 Å². The van der Waals surface area contributed by atoms with Crippen molar-refractivity contribution in [2.24, 2.45) is 0 Å². The lowest BCUT2D eigenvalue weighted by molar-refractivity contribution is -0.130. The minimum Gasteiger partial charge on any atom is -0.493 e. The Bertz CT molecular complexity index is 2180. The number of aromatic carboxylic acids is 2. The van der Waals surface area contributed by atoms with Gasteiger partial charge in [0.25, 0.3) is 0 Å². The van der Waals surface area contributed by atoms with Crippen LogP contribution in [0.4, 0.5) is 0 Å². The molecule has 2 fully saturated rings. The summed E-state index contributed by atoms with van der Waals surface area (Å²) in [7, 11) is 2.64. The van der Waals surface area contributed by atoms with Crippen LogP contribution in [0.25, 0.3) is 0 Å². The summed E-state index contributed by atoms with van der Waals surface area (Å²) >= 11 is 0. The lowest BCUT2D eigenvalue weighted by atomic mass is 9.84. The molecule has 16 heteroatoms. The van der Waals surface area contributed by atoms with Gasteiger partial charge in [0, 0.05) is 24.0 Å². The molecule has 0 bridgehead atoms. The standard InChI is InChI=1S/C42H34O16/c1-5-35(43)57-31-13-7-21(15-33(31)51-3)41(49)55-23-9-11-25(39(45)46)27(17-23)29-19-53-38-30(20-54-37(29)38)28-18-24(10-12-26(28)40(47)48)56-42(50)22-8-14-32(34(16-22)52-4)58-36(44)6-2/h5-18,29-30,37-38H,1-2,19-20H2,3-4H3,(H,45,46)(H,47,48)/t29-,30-,37-,38-/m0/s1. The first-order valence-electron chi connectivity index (χ1n) is 17.3. The summed E-state index contributed by atoms with van der Waals surface area (Å²) in [5.74, 6) is -6.73. The van der Waals surface area contributed by atoms with Crippen LogP contribution in [0.5, 0.6) is 34.5 Å². The smallest absolute Gasteiger partial charge is 0.343 e. The fourth-order valence-corrected chi connectivity index (χ4v) is 6.63. The maximum absolute atomic E-state index is 13.2. The van der Waals surface area contributed by atoms with E-state index < -0.39 is 59.9 Å². The van der Waals surface area contributed by atoms with Crippen LogP contribution in [-0.4, -0.2) is 85.7 Å². The van der Waals surface area contributed by atoms with Crippen LogP contribution in [0.15, 0.2) is 98.1 Å². The SMILES string of the molecule is C=CC(=O)Oc1ccc(C(=O)Oc2ccc(C(=O)O)c([C@@H]3CO[C@@H]4[C@H]3OC[C@H]4c3cc(OC(=O)c4ccc(OC(=O)C=C)c(OC)c4)ccc3C(=O)O)c2)cc1OC. The summed E-state index contributed by atoms with van der Waals surface area (Å²) in [5, 5.41) is 20.2. The molecular formula is C42H34O16. The zero-order valence-electron chi connectivity index (χ0n) is 30.8. The van der Waals surface area contributed by atoms with Crippen LogP contribution in [-0.2, 0) is 19.1 Å². The van der Waals surface area contributed by atoms with E-state index in [0.717, 1.165) is 12.2 Å². The van der Waals surface area contributed by atoms with Gasteiger partial charge in [0.15, 0.2) is 23.0 Å². The second kappa shape index (κ2) is 17.2. The molecule has 0 unspecified atom stereocenters. The van der Waals surface area contributed by atoms with E-state index in [0.29, 0.717) is 0 Å². The number of fused-ring (bicyclic) bond motifs is 1. The molecule has 0 spiro atoms. The third-order valence-electron chi connectivity index (χ3n) is 9.33. The Hall–Kier alpha value is -7.30. The highest BCUT2D eigenvalue weighted by atomic mass is 16.6. The zero-order chi connectivity index (χ0) is 41.7.